The van der Waals surface area contributed by atoms with Gasteiger partial charge in [-0.3, -0.25) is 4.79 Å². The van der Waals surface area contributed by atoms with Gasteiger partial charge in [-0.1, -0.05) is 24.3 Å². The molecular formula is C21H23NO3. The van der Waals surface area contributed by atoms with Crippen LogP contribution in [-0.2, 0) is 16.6 Å². The Bertz CT molecular complexity index is 771. The summed E-state index contributed by atoms with van der Waals surface area (Å²) in [6.07, 6.45) is 4.35. The van der Waals surface area contributed by atoms with E-state index in [1.165, 1.54) is 11.1 Å². The van der Waals surface area contributed by atoms with Crippen LogP contribution in [0, 0.1) is 5.92 Å². The molecule has 0 radical (unpaired) electrons. The summed E-state index contributed by atoms with van der Waals surface area (Å²) >= 11 is 0. The first-order valence-corrected chi connectivity index (χ1v) is 8.96. The largest absolute Gasteiger partial charge is 0.491 e. The molecule has 2 aliphatic rings. The number of hydrogen-bond donors (Lipinski definition) is 2. The summed E-state index contributed by atoms with van der Waals surface area (Å²) in [5.74, 6) is 0.871. The van der Waals surface area contributed by atoms with Gasteiger partial charge in [-0.05, 0) is 61.1 Å². The van der Waals surface area contributed by atoms with Gasteiger partial charge in [-0.25, -0.2) is 0 Å². The Labute approximate surface area is 147 Å². The summed E-state index contributed by atoms with van der Waals surface area (Å²) in [5, 5.41) is 11.8. The van der Waals surface area contributed by atoms with E-state index < -0.39 is 0 Å². The first-order valence-electron chi connectivity index (χ1n) is 8.96. The Morgan fingerprint density at radius 1 is 1.20 bits per heavy atom. The molecule has 2 atom stereocenters. The van der Waals surface area contributed by atoms with Gasteiger partial charge < -0.3 is 15.2 Å². The number of aryl methyl sites for hydroxylation is 1. The number of aliphatic hydroxyl groups excluding tert-OH is 1. The van der Waals surface area contributed by atoms with E-state index in [4.69, 9.17) is 9.84 Å². The Hall–Kier alpha value is -2.33. The van der Waals surface area contributed by atoms with Crippen LogP contribution in [-0.4, -0.2) is 24.2 Å². The molecule has 0 aromatic heterocycles. The average Bonchev–Trinajstić information content (AvgIpc) is 3.36. The average molecular weight is 337 g/mol. The van der Waals surface area contributed by atoms with Crippen molar-refractivity contribution in [2.24, 2.45) is 5.92 Å². The zero-order valence-electron chi connectivity index (χ0n) is 14.2. The second-order valence-electron chi connectivity index (χ2n) is 7.01. The third kappa shape index (κ3) is 3.02. The fourth-order valence-electron chi connectivity index (χ4n) is 4.20. The monoisotopic (exact) mass is 337 g/mol. The molecular weight excluding hydrogens is 314 g/mol. The van der Waals surface area contributed by atoms with Crippen LogP contribution in [0.3, 0.4) is 0 Å². The zero-order chi connectivity index (χ0) is 17.3. The van der Waals surface area contributed by atoms with E-state index in [1.807, 2.05) is 24.3 Å². The number of rotatable bonds is 5. The zero-order valence-corrected chi connectivity index (χ0v) is 14.2. The van der Waals surface area contributed by atoms with E-state index in [9.17, 15) is 4.79 Å². The molecule has 2 aromatic rings. The van der Waals surface area contributed by atoms with Gasteiger partial charge in [0, 0.05) is 17.0 Å². The van der Waals surface area contributed by atoms with Crippen LogP contribution in [0.15, 0.2) is 48.5 Å². The maximum atomic E-state index is 12.7. The Morgan fingerprint density at radius 3 is 2.80 bits per heavy atom. The third-order valence-corrected chi connectivity index (χ3v) is 5.50. The van der Waals surface area contributed by atoms with Gasteiger partial charge >= 0.3 is 0 Å². The van der Waals surface area contributed by atoms with Gasteiger partial charge in [0.1, 0.15) is 12.4 Å². The number of carbonyl (C=O) groups is 1. The first-order chi connectivity index (χ1) is 12.2. The van der Waals surface area contributed by atoms with E-state index in [1.54, 1.807) is 0 Å². The Kier molecular flexibility index (Phi) is 4.22. The molecule has 2 aliphatic carbocycles. The number of carbonyl (C=O) groups excluding carboxylic acids is 1. The summed E-state index contributed by atoms with van der Waals surface area (Å²) in [5.41, 5.74) is 3.64. The fraction of sp³-hybridized carbons (Fsp3) is 0.381. The van der Waals surface area contributed by atoms with Gasteiger partial charge in [0.15, 0.2) is 0 Å². The maximum absolute atomic E-state index is 12.7. The number of amides is 1. The van der Waals surface area contributed by atoms with Crippen molar-refractivity contribution in [1.82, 2.24) is 0 Å². The summed E-state index contributed by atoms with van der Waals surface area (Å²) in [6, 6.07) is 15.9. The predicted octanol–water partition coefficient (Wildman–Crippen LogP) is 3.29. The number of ether oxygens (including phenoxy) is 1. The van der Waals surface area contributed by atoms with Crippen molar-refractivity contribution in [2.75, 3.05) is 18.5 Å². The minimum Gasteiger partial charge on any atom is -0.491 e. The molecule has 0 saturated heterocycles. The van der Waals surface area contributed by atoms with Crippen molar-refractivity contribution in [3.05, 3.63) is 59.7 Å². The molecule has 1 saturated carbocycles. The number of hydrogen-bond acceptors (Lipinski definition) is 3. The number of anilines is 1. The van der Waals surface area contributed by atoms with Crippen LogP contribution >= 0.6 is 0 Å². The second kappa shape index (κ2) is 6.52. The molecule has 2 unspecified atom stereocenters. The van der Waals surface area contributed by atoms with Crippen molar-refractivity contribution >= 4 is 11.6 Å². The molecule has 1 fully saturated rings. The van der Waals surface area contributed by atoms with Crippen molar-refractivity contribution in [3.63, 3.8) is 0 Å². The molecule has 2 N–H and O–H groups in total. The molecule has 130 valence electrons. The minimum atomic E-state index is -0.0102. The van der Waals surface area contributed by atoms with E-state index in [2.05, 4.69) is 29.6 Å². The molecule has 2 aromatic carbocycles. The van der Waals surface area contributed by atoms with E-state index in [0.29, 0.717) is 5.75 Å². The van der Waals surface area contributed by atoms with Gasteiger partial charge in [-0.2, -0.15) is 0 Å². The predicted molar refractivity (Wildman–Crippen MR) is 96.8 cm³/mol. The highest BCUT2D eigenvalue weighted by Gasteiger charge is 2.59. The Balaban J connectivity index is 1.44. The number of aliphatic hydroxyl groups is 1. The fourth-order valence-corrected chi connectivity index (χ4v) is 4.20. The number of benzene rings is 2. The molecule has 0 aliphatic heterocycles. The van der Waals surface area contributed by atoms with E-state index >= 15 is 0 Å². The summed E-state index contributed by atoms with van der Waals surface area (Å²) in [4.78, 5) is 12.7. The lowest BCUT2D eigenvalue weighted by atomic mass is 9.78. The number of nitrogens with one attached hydrogen (secondary N) is 1. The molecule has 4 rings (SSSR count). The van der Waals surface area contributed by atoms with Crippen molar-refractivity contribution in [1.29, 1.82) is 0 Å². The summed E-state index contributed by atoms with van der Waals surface area (Å²) in [7, 11) is 0. The molecule has 25 heavy (non-hydrogen) atoms. The van der Waals surface area contributed by atoms with E-state index in [-0.39, 0.29) is 30.5 Å². The normalized spacial score (nSPS) is 23.8. The summed E-state index contributed by atoms with van der Waals surface area (Å²) < 4.78 is 5.34. The molecule has 4 nitrogen and oxygen atoms in total. The van der Waals surface area contributed by atoms with Gasteiger partial charge in [-0.15, -0.1) is 0 Å². The van der Waals surface area contributed by atoms with Crippen LogP contribution in [0.4, 0.5) is 5.69 Å². The number of fused-ring (bicyclic) bond motifs is 2. The highest BCUT2D eigenvalue weighted by molar-refractivity contribution is 5.96. The van der Waals surface area contributed by atoms with Crippen molar-refractivity contribution in [2.45, 2.75) is 31.1 Å². The standard InChI is InChI=1S/C21H23NO3/c23-12-13-25-17-9-7-16(8-10-17)22-20(24)19-14-21(19)11-3-5-15-4-1-2-6-18(15)21/h1-2,4,6-10,19,23H,3,5,11-14H2,(H,22,24). The first kappa shape index (κ1) is 16.2. The van der Waals surface area contributed by atoms with E-state index in [0.717, 1.165) is 31.4 Å². The van der Waals surface area contributed by atoms with Crippen LogP contribution in [0.2, 0.25) is 0 Å². The molecule has 0 bridgehead atoms. The van der Waals surface area contributed by atoms with Gasteiger partial charge in [0.25, 0.3) is 0 Å². The highest BCUT2D eigenvalue weighted by Crippen LogP contribution is 2.60. The van der Waals surface area contributed by atoms with Gasteiger partial charge in [0.05, 0.1) is 6.61 Å². The lowest BCUT2D eigenvalue weighted by Gasteiger charge is -2.26. The lowest BCUT2D eigenvalue weighted by Crippen LogP contribution is -2.24. The highest BCUT2D eigenvalue weighted by atomic mass is 16.5. The quantitative estimate of drug-likeness (QED) is 0.880. The third-order valence-electron chi connectivity index (χ3n) is 5.50. The van der Waals surface area contributed by atoms with Crippen LogP contribution in [0.1, 0.15) is 30.4 Å². The molecule has 1 amide bonds. The van der Waals surface area contributed by atoms with Crippen molar-refractivity contribution < 1.29 is 14.6 Å². The molecule has 1 spiro atoms. The summed E-state index contributed by atoms with van der Waals surface area (Å²) in [6.45, 7) is 0.263. The van der Waals surface area contributed by atoms with Crippen molar-refractivity contribution in [3.8, 4) is 5.75 Å². The maximum Gasteiger partial charge on any atom is 0.228 e. The van der Waals surface area contributed by atoms with Crippen LogP contribution < -0.4 is 10.1 Å². The molecule has 4 heteroatoms. The Morgan fingerprint density at radius 2 is 2.00 bits per heavy atom. The lowest BCUT2D eigenvalue weighted by molar-refractivity contribution is -0.117. The topological polar surface area (TPSA) is 58.6 Å². The molecule has 0 heterocycles. The second-order valence-corrected chi connectivity index (χ2v) is 7.01. The SMILES string of the molecule is O=C(Nc1ccc(OCCO)cc1)C1CC12CCCc1ccccc12. The smallest absolute Gasteiger partial charge is 0.228 e. The van der Waals surface area contributed by atoms with Crippen LogP contribution in [0.5, 0.6) is 5.75 Å². The van der Waals surface area contributed by atoms with Crippen LogP contribution in [0.25, 0.3) is 0 Å². The van der Waals surface area contributed by atoms with Gasteiger partial charge in [0.2, 0.25) is 5.91 Å². The minimum absolute atomic E-state index is 0.0102.